The van der Waals surface area contributed by atoms with E-state index < -0.39 is 5.97 Å². The fourth-order valence-corrected chi connectivity index (χ4v) is 3.77. The van der Waals surface area contributed by atoms with E-state index in [0.29, 0.717) is 27.9 Å². The zero-order chi connectivity index (χ0) is 21.5. The van der Waals surface area contributed by atoms with Gasteiger partial charge in [0, 0.05) is 9.37 Å². The van der Waals surface area contributed by atoms with Gasteiger partial charge in [-0.25, -0.2) is 4.79 Å². The fraction of sp³-hybridized carbons (Fsp3) is 0.238. The summed E-state index contributed by atoms with van der Waals surface area (Å²) in [6, 6.07) is 14.5. The molecule has 1 heterocycles. The standard InChI is InChI=1S/C21H20BrN3O4S/c1-13(15-7-9-16(22)10-8-15)23-19(26)11-28-21(27)17-5-3-4-6-18(17)30-12-20-24-14(2)25-29-20/h3-10,13H,11-12H2,1-2H3,(H,23,26). The number of amides is 1. The number of nitrogens with one attached hydrogen (secondary N) is 1. The van der Waals surface area contributed by atoms with Gasteiger partial charge in [0.15, 0.2) is 12.4 Å². The maximum Gasteiger partial charge on any atom is 0.339 e. The smallest absolute Gasteiger partial charge is 0.339 e. The molecule has 0 aliphatic heterocycles. The van der Waals surface area contributed by atoms with Crippen LogP contribution < -0.4 is 5.32 Å². The predicted octanol–water partition coefficient (Wildman–Crippen LogP) is 4.47. The van der Waals surface area contributed by atoms with Gasteiger partial charge in [0.25, 0.3) is 5.91 Å². The van der Waals surface area contributed by atoms with Crippen molar-refractivity contribution in [1.29, 1.82) is 0 Å². The molecule has 1 amide bonds. The van der Waals surface area contributed by atoms with E-state index in [1.807, 2.05) is 37.3 Å². The van der Waals surface area contributed by atoms with Crippen molar-refractivity contribution in [2.24, 2.45) is 0 Å². The third-order valence-electron chi connectivity index (χ3n) is 4.11. The van der Waals surface area contributed by atoms with Gasteiger partial charge in [0.05, 0.1) is 17.4 Å². The van der Waals surface area contributed by atoms with E-state index in [0.717, 1.165) is 10.0 Å². The molecule has 0 aliphatic rings. The van der Waals surface area contributed by atoms with Gasteiger partial charge in [0.2, 0.25) is 5.89 Å². The number of nitrogens with zero attached hydrogens (tertiary/aromatic N) is 2. The minimum absolute atomic E-state index is 0.204. The molecule has 30 heavy (non-hydrogen) atoms. The summed E-state index contributed by atoms with van der Waals surface area (Å²) in [5.74, 6) is 0.524. The number of hydrogen-bond acceptors (Lipinski definition) is 7. The quantitative estimate of drug-likeness (QED) is 0.368. The van der Waals surface area contributed by atoms with E-state index in [2.05, 4.69) is 31.4 Å². The highest BCUT2D eigenvalue weighted by molar-refractivity contribution is 9.10. The Morgan fingerprint density at radius 2 is 1.93 bits per heavy atom. The van der Waals surface area contributed by atoms with E-state index >= 15 is 0 Å². The van der Waals surface area contributed by atoms with Gasteiger partial charge < -0.3 is 14.6 Å². The van der Waals surface area contributed by atoms with Crippen LogP contribution >= 0.6 is 27.7 Å². The lowest BCUT2D eigenvalue weighted by Gasteiger charge is -2.15. The first-order chi connectivity index (χ1) is 14.4. The number of rotatable bonds is 8. The number of esters is 1. The number of hydrogen-bond donors (Lipinski definition) is 1. The van der Waals surface area contributed by atoms with Crippen molar-refractivity contribution < 1.29 is 18.8 Å². The molecule has 2 aromatic carbocycles. The monoisotopic (exact) mass is 489 g/mol. The number of halogens is 1. The zero-order valence-electron chi connectivity index (χ0n) is 16.4. The highest BCUT2D eigenvalue weighted by Gasteiger charge is 2.17. The number of carbonyl (C=O) groups excluding carboxylic acids is 2. The fourth-order valence-electron chi connectivity index (χ4n) is 2.63. The Morgan fingerprint density at radius 3 is 2.63 bits per heavy atom. The lowest BCUT2D eigenvalue weighted by molar-refractivity contribution is -0.124. The first-order valence-electron chi connectivity index (χ1n) is 9.15. The second kappa shape index (κ2) is 10.4. The first-order valence-corrected chi connectivity index (χ1v) is 10.9. The molecule has 0 radical (unpaired) electrons. The van der Waals surface area contributed by atoms with Crippen molar-refractivity contribution in [3.8, 4) is 0 Å². The van der Waals surface area contributed by atoms with E-state index in [4.69, 9.17) is 9.26 Å². The normalized spacial score (nSPS) is 11.7. The summed E-state index contributed by atoms with van der Waals surface area (Å²) in [7, 11) is 0. The summed E-state index contributed by atoms with van der Waals surface area (Å²) in [6.45, 7) is 3.25. The van der Waals surface area contributed by atoms with E-state index in [9.17, 15) is 9.59 Å². The third-order valence-corrected chi connectivity index (χ3v) is 5.70. The largest absolute Gasteiger partial charge is 0.452 e. The molecule has 0 aliphatic carbocycles. The number of ether oxygens (including phenoxy) is 1. The molecular weight excluding hydrogens is 470 g/mol. The Hall–Kier alpha value is -2.65. The Kier molecular flexibility index (Phi) is 7.64. The van der Waals surface area contributed by atoms with E-state index in [1.165, 1.54) is 11.8 Å². The Morgan fingerprint density at radius 1 is 1.20 bits per heavy atom. The first kappa shape index (κ1) is 22.0. The number of aromatic nitrogens is 2. The minimum Gasteiger partial charge on any atom is -0.452 e. The van der Waals surface area contributed by atoms with Crippen LogP contribution in [-0.4, -0.2) is 28.6 Å². The third kappa shape index (κ3) is 6.17. The van der Waals surface area contributed by atoms with Gasteiger partial charge >= 0.3 is 5.97 Å². The second-order valence-electron chi connectivity index (χ2n) is 6.44. The lowest BCUT2D eigenvalue weighted by Crippen LogP contribution is -2.31. The number of carbonyl (C=O) groups is 2. The summed E-state index contributed by atoms with van der Waals surface area (Å²) in [4.78, 5) is 29.6. The second-order valence-corrected chi connectivity index (χ2v) is 8.37. The molecule has 0 saturated carbocycles. The molecule has 3 aromatic rings. The van der Waals surface area contributed by atoms with Crippen LogP contribution in [0.3, 0.4) is 0 Å². The molecule has 1 atom stereocenters. The molecule has 0 fully saturated rings. The van der Waals surface area contributed by atoms with E-state index in [1.54, 1.807) is 25.1 Å². The molecule has 1 unspecified atom stereocenters. The van der Waals surface area contributed by atoms with Gasteiger partial charge in [0.1, 0.15) is 0 Å². The molecular formula is C21H20BrN3O4S. The summed E-state index contributed by atoms with van der Waals surface area (Å²) >= 11 is 4.76. The highest BCUT2D eigenvalue weighted by Crippen LogP contribution is 2.26. The number of thioether (sulfide) groups is 1. The summed E-state index contributed by atoms with van der Waals surface area (Å²) < 4.78 is 11.3. The molecule has 0 spiro atoms. The van der Waals surface area contributed by atoms with Gasteiger partial charge in [-0.2, -0.15) is 4.98 Å². The average Bonchev–Trinajstić information content (AvgIpc) is 3.16. The van der Waals surface area contributed by atoms with Crippen LogP contribution in [0.4, 0.5) is 0 Å². The Balaban J connectivity index is 1.54. The minimum atomic E-state index is -0.564. The molecule has 156 valence electrons. The topological polar surface area (TPSA) is 94.3 Å². The van der Waals surface area contributed by atoms with Crippen molar-refractivity contribution in [2.45, 2.75) is 30.5 Å². The van der Waals surface area contributed by atoms with Gasteiger partial charge in [-0.15, -0.1) is 11.8 Å². The SMILES string of the molecule is Cc1noc(CSc2ccccc2C(=O)OCC(=O)NC(C)c2ccc(Br)cc2)n1. The summed E-state index contributed by atoms with van der Waals surface area (Å²) in [5, 5.41) is 6.57. The van der Waals surface area contributed by atoms with Crippen molar-refractivity contribution in [3.63, 3.8) is 0 Å². The number of benzene rings is 2. The van der Waals surface area contributed by atoms with Crippen LogP contribution in [0.2, 0.25) is 0 Å². The Bertz CT molecular complexity index is 1020. The van der Waals surface area contributed by atoms with Gasteiger partial charge in [-0.3, -0.25) is 4.79 Å². The van der Waals surface area contributed by atoms with Crippen molar-refractivity contribution in [1.82, 2.24) is 15.5 Å². The maximum atomic E-state index is 12.5. The molecule has 3 rings (SSSR count). The van der Waals surface area contributed by atoms with Crippen LogP contribution in [0.1, 0.15) is 40.6 Å². The van der Waals surface area contributed by atoms with Crippen molar-refractivity contribution in [2.75, 3.05) is 6.61 Å². The maximum absolute atomic E-state index is 12.5. The van der Waals surface area contributed by atoms with Crippen LogP contribution in [0.25, 0.3) is 0 Å². The summed E-state index contributed by atoms with van der Waals surface area (Å²) in [5.41, 5.74) is 1.34. The van der Waals surface area contributed by atoms with Crippen LogP contribution in [0.5, 0.6) is 0 Å². The molecule has 1 N–H and O–H groups in total. The molecule has 9 heteroatoms. The lowest BCUT2D eigenvalue weighted by atomic mass is 10.1. The van der Waals surface area contributed by atoms with Crippen LogP contribution in [0, 0.1) is 6.92 Å². The molecule has 0 saturated heterocycles. The van der Waals surface area contributed by atoms with Gasteiger partial charge in [-0.1, -0.05) is 45.4 Å². The predicted molar refractivity (Wildman–Crippen MR) is 116 cm³/mol. The van der Waals surface area contributed by atoms with Crippen LogP contribution in [0.15, 0.2) is 62.4 Å². The van der Waals surface area contributed by atoms with Crippen LogP contribution in [-0.2, 0) is 15.3 Å². The molecule has 7 nitrogen and oxygen atoms in total. The zero-order valence-corrected chi connectivity index (χ0v) is 18.8. The molecule has 1 aromatic heterocycles. The molecule has 0 bridgehead atoms. The van der Waals surface area contributed by atoms with Gasteiger partial charge in [-0.05, 0) is 43.7 Å². The van der Waals surface area contributed by atoms with E-state index in [-0.39, 0.29) is 18.6 Å². The summed E-state index contributed by atoms with van der Waals surface area (Å²) in [6.07, 6.45) is 0. The average molecular weight is 490 g/mol. The highest BCUT2D eigenvalue weighted by atomic mass is 79.9. The van der Waals surface area contributed by atoms with Crippen molar-refractivity contribution >= 4 is 39.6 Å². The van der Waals surface area contributed by atoms with Crippen molar-refractivity contribution in [3.05, 3.63) is 75.8 Å². The Labute approximate surface area is 186 Å². The number of aryl methyl sites for hydroxylation is 1.